The highest BCUT2D eigenvalue weighted by atomic mass is 79.9. The van der Waals surface area contributed by atoms with E-state index < -0.39 is 5.60 Å². The molecule has 1 atom stereocenters. The van der Waals surface area contributed by atoms with Gasteiger partial charge in [0.05, 0.1) is 5.60 Å². The minimum atomic E-state index is -0.653. The fourth-order valence-corrected chi connectivity index (χ4v) is 3.19. The standard InChI is InChI=1S/C16H25BrN2O2/c1-12(18-2)14-10-13(17)4-5-15(14)19(3)11-16(20)6-8-21-9-7-16/h4-5,10,12,18,20H,6-9,11H2,1-3H3. The number of benzene rings is 1. The van der Waals surface area contributed by atoms with E-state index in [1.165, 1.54) is 5.56 Å². The summed E-state index contributed by atoms with van der Waals surface area (Å²) in [5.74, 6) is 0. The van der Waals surface area contributed by atoms with Crippen LogP contribution in [0.4, 0.5) is 5.69 Å². The van der Waals surface area contributed by atoms with Gasteiger partial charge in [0.2, 0.25) is 0 Å². The summed E-state index contributed by atoms with van der Waals surface area (Å²) >= 11 is 3.54. The number of nitrogens with zero attached hydrogens (tertiary/aromatic N) is 1. The number of halogens is 1. The Labute approximate surface area is 135 Å². The van der Waals surface area contributed by atoms with Crippen LogP contribution in [0, 0.1) is 0 Å². The van der Waals surface area contributed by atoms with Crippen molar-refractivity contribution < 1.29 is 9.84 Å². The molecule has 1 heterocycles. The highest BCUT2D eigenvalue weighted by Gasteiger charge is 2.31. The van der Waals surface area contributed by atoms with Crippen molar-refractivity contribution in [2.24, 2.45) is 0 Å². The van der Waals surface area contributed by atoms with Gasteiger partial charge in [-0.3, -0.25) is 0 Å². The number of rotatable bonds is 5. The second-order valence-electron chi connectivity index (χ2n) is 5.91. The van der Waals surface area contributed by atoms with E-state index in [0.717, 1.165) is 10.2 Å². The van der Waals surface area contributed by atoms with Gasteiger partial charge in [0.25, 0.3) is 0 Å². The van der Waals surface area contributed by atoms with Gasteiger partial charge >= 0.3 is 0 Å². The molecule has 0 bridgehead atoms. The molecule has 0 aromatic heterocycles. The summed E-state index contributed by atoms with van der Waals surface area (Å²) in [6, 6.07) is 6.55. The molecule has 21 heavy (non-hydrogen) atoms. The average molecular weight is 357 g/mol. The smallest absolute Gasteiger partial charge is 0.0865 e. The highest BCUT2D eigenvalue weighted by Crippen LogP contribution is 2.31. The molecular weight excluding hydrogens is 332 g/mol. The summed E-state index contributed by atoms with van der Waals surface area (Å²) in [6.45, 7) is 4.05. The second kappa shape index (κ2) is 7.09. The maximum Gasteiger partial charge on any atom is 0.0865 e. The predicted octanol–water partition coefficient (Wildman–Crippen LogP) is 2.71. The molecule has 0 radical (unpaired) electrons. The van der Waals surface area contributed by atoms with Crippen molar-refractivity contribution in [3.05, 3.63) is 28.2 Å². The van der Waals surface area contributed by atoms with Gasteiger partial charge in [-0.1, -0.05) is 15.9 Å². The van der Waals surface area contributed by atoms with Crippen molar-refractivity contribution in [3.63, 3.8) is 0 Å². The van der Waals surface area contributed by atoms with E-state index in [4.69, 9.17) is 4.74 Å². The molecule has 5 heteroatoms. The van der Waals surface area contributed by atoms with Crippen molar-refractivity contribution in [2.45, 2.75) is 31.4 Å². The lowest BCUT2D eigenvalue weighted by Gasteiger charge is -2.37. The molecule has 0 saturated carbocycles. The van der Waals surface area contributed by atoms with Crippen LogP contribution < -0.4 is 10.2 Å². The molecule has 4 nitrogen and oxygen atoms in total. The Balaban J connectivity index is 2.20. The lowest BCUT2D eigenvalue weighted by molar-refractivity contribution is -0.0572. The van der Waals surface area contributed by atoms with Gasteiger partial charge in [0.15, 0.2) is 0 Å². The van der Waals surface area contributed by atoms with E-state index in [1.807, 2.05) is 20.2 Å². The highest BCUT2D eigenvalue weighted by molar-refractivity contribution is 9.10. The quantitative estimate of drug-likeness (QED) is 0.851. The third-order valence-electron chi connectivity index (χ3n) is 4.26. The maximum absolute atomic E-state index is 10.7. The van der Waals surface area contributed by atoms with Crippen LogP contribution in [0.3, 0.4) is 0 Å². The third kappa shape index (κ3) is 4.19. The molecule has 1 aliphatic heterocycles. The van der Waals surface area contributed by atoms with Crippen LogP contribution in [-0.4, -0.2) is 44.6 Å². The summed E-state index contributed by atoms with van der Waals surface area (Å²) in [5.41, 5.74) is 1.73. The maximum atomic E-state index is 10.7. The summed E-state index contributed by atoms with van der Waals surface area (Å²) < 4.78 is 6.42. The number of nitrogens with one attached hydrogen (secondary N) is 1. The van der Waals surface area contributed by atoms with E-state index in [9.17, 15) is 5.11 Å². The topological polar surface area (TPSA) is 44.7 Å². The summed E-state index contributed by atoms with van der Waals surface area (Å²) in [7, 11) is 4.00. The van der Waals surface area contributed by atoms with Crippen molar-refractivity contribution in [1.82, 2.24) is 5.32 Å². The predicted molar refractivity (Wildman–Crippen MR) is 89.9 cm³/mol. The van der Waals surface area contributed by atoms with Crippen LogP contribution in [0.25, 0.3) is 0 Å². The van der Waals surface area contributed by atoms with Crippen molar-refractivity contribution in [1.29, 1.82) is 0 Å². The molecule has 1 aromatic rings. The Bertz CT molecular complexity index is 475. The van der Waals surface area contributed by atoms with Gasteiger partial charge in [-0.25, -0.2) is 0 Å². The molecule has 2 N–H and O–H groups in total. The molecule has 0 spiro atoms. The van der Waals surface area contributed by atoms with Gasteiger partial charge < -0.3 is 20.1 Å². The Morgan fingerprint density at radius 2 is 2.10 bits per heavy atom. The Morgan fingerprint density at radius 3 is 2.71 bits per heavy atom. The van der Waals surface area contributed by atoms with Crippen LogP contribution in [0.15, 0.2) is 22.7 Å². The molecular formula is C16H25BrN2O2. The van der Waals surface area contributed by atoms with Crippen LogP contribution in [0.2, 0.25) is 0 Å². The zero-order valence-electron chi connectivity index (χ0n) is 13.0. The Hall–Kier alpha value is -0.620. The number of hydrogen-bond donors (Lipinski definition) is 2. The largest absolute Gasteiger partial charge is 0.388 e. The number of aliphatic hydroxyl groups is 1. The van der Waals surface area contributed by atoms with E-state index in [2.05, 4.69) is 45.2 Å². The molecule has 0 amide bonds. The number of hydrogen-bond acceptors (Lipinski definition) is 4. The van der Waals surface area contributed by atoms with E-state index in [1.54, 1.807) is 0 Å². The van der Waals surface area contributed by atoms with Crippen LogP contribution in [0.5, 0.6) is 0 Å². The number of anilines is 1. The summed E-state index contributed by atoms with van der Waals surface area (Å²) in [5, 5.41) is 14.0. The summed E-state index contributed by atoms with van der Waals surface area (Å²) in [4.78, 5) is 2.15. The second-order valence-corrected chi connectivity index (χ2v) is 6.82. The fourth-order valence-electron chi connectivity index (χ4n) is 2.81. The third-order valence-corrected chi connectivity index (χ3v) is 4.75. The monoisotopic (exact) mass is 356 g/mol. The van der Waals surface area contributed by atoms with Crippen LogP contribution >= 0.6 is 15.9 Å². The normalized spacial score (nSPS) is 19.3. The zero-order chi connectivity index (χ0) is 15.5. The minimum Gasteiger partial charge on any atom is -0.388 e. The molecule has 0 aliphatic carbocycles. The fraction of sp³-hybridized carbons (Fsp3) is 0.625. The first-order chi connectivity index (χ1) is 9.95. The average Bonchev–Trinajstić information content (AvgIpc) is 2.46. The molecule has 1 aliphatic rings. The van der Waals surface area contributed by atoms with Crippen LogP contribution in [-0.2, 0) is 4.74 Å². The van der Waals surface area contributed by atoms with Crippen molar-refractivity contribution >= 4 is 21.6 Å². The molecule has 1 aromatic carbocycles. The first kappa shape index (κ1) is 16.7. The summed E-state index contributed by atoms with van der Waals surface area (Å²) in [6.07, 6.45) is 1.40. The van der Waals surface area contributed by atoms with E-state index in [-0.39, 0.29) is 6.04 Å². The van der Waals surface area contributed by atoms with Gasteiger partial charge in [0.1, 0.15) is 0 Å². The molecule has 1 saturated heterocycles. The zero-order valence-corrected chi connectivity index (χ0v) is 14.6. The molecule has 1 unspecified atom stereocenters. The van der Waals surface area contributed by atoms with Gasteiger partial charge in [-0.2, -0.15) is 0 Å². The molecule has 118 valence electrons. The van der Waals surface area contributed by atoms with Crippen LogP contribution in [0.1, 0.15) is 31.4 Å². The van der Waals surface area contributed by atoms with Gasteiger partial charge in [-0.15, -0.1) is 0 Å². The Morgan fingerprint density at radius 1 is 1.43 bits per heavy atom. The number of likely N-dealkylation sites (N-methyl/N-ethyl adjacent to an activating group) is 1. The molecule has 2 rings (SSSR count). The van der Waals surface area contributed by atoms with Gasteiger partial charge in [0, 0.05) is 55.8 Å². The van der Waals surface area contributed by atoms with Gasteiger partial charge in [-0.05, 0) is 37.7 Å². The van der Waals surface area contributed by atoms with E-state index in [0.29, 0.717) is 32.6 Å². The minimum absolute atomic E-state index is 0.254. The Kier molecular flexibility index (Phi) is 5.66. The SMILES string of the molecule is CNC(C)c1cc(Br)ccc1N(C)CC1(O)CCOCC1. The number of ether oxygens (including phenoxy) is 1. The lowest BCUT2D eigenvalue weighted by Crippen LogP contribution is -2.46. The first-order valence-corrected chi connectivity index (χ1v) is 8.22. The van der Waals surface area contributed by atoms with Crippen molar-refractivity contribution in [3.8, 4) is 0 Å². The molecule has 1 fully saturated rings. The first-order valence-electron chi connectivity index (χ1n) is 7.43. The van der Waals surface area contributed by atoms with Crippen molar-refractivity contribution in [2.75, 3.05) is 38.8 Å². The van der Waals surface area contributed by atoms with E-state index >= 15 is 0 Å². The lowest BCUT2D eigenvalue weighted by atomic mass is 9.93.